The highest BCUT2D eigenvalue weighted by Crippen LogP contribution is 2.11. The molecule has 66 valence electrons. The van der Waals surface area contributed by atoms with Gasteiger partial charge in [-0.1, -0.05) is 12.1 Å². The highest BCUT2D eigenvalue weighted by molar-refractivity contribution is 6.05. The van der Waals surface area contributed by atoms with Gasteiger partial charge in [0.1, 0.15) is 5.75 Å². The number of hydrogen-bond donors (Lipinski definition) is 0. The number of methoxy groups -OCH3 is 1. The van der Waals surface area contributed by atoms with Gasteiger partial charge in [-0.05, 0) is 17.7 Å². The molecule has 2 radical (unpaired) electrons. The van der Waals surface area contributed by atoms with Crippen molar-refractivity contribution < 1.29 is 14.2 Å². The van der Waals surface area contributed by atoms with Crippen molar-refractivity contribution in [2.75, 3.05) is 7.11 Å². The lowest BCUT2D eigenvalue weighted by Crippen LogP contribution is -2.05. The van der Waals surface area contributed by atoms with E-state index in [1.165, 1.54) is 0 Å². The standard InChI is InChI=1S/C9H9BO3/c1-12-8-4-2-7(3-5-8)6-9(11)13-10/h2-5H,6H2,1H3. The highest BCUT2D eigenvalue weighted by atomic mass is 16.5. The molecule has 13 heavy (non-hydrogen) atoms. The molecule has 0 aliphatic rings. The lowest BCUT2D eigenvalue weighted by Gasteiger charge is -2.02. The first-order chi connectivity index (χ1) is 6.26. The first-order valence-electron chi connectivity index (χ1n) is 3.78. The zero-order valence-electron chi connectivity index (χ0n) is 7.32. The molecule has 0 heterocycles. The number of ether oxygens (including phenoxy) is 1. The molecule has 1 rings (SSSR count). The van der Waals surface area contributed by atoms with E-state index in [-0.39, 0.29) is 6.42 Å². The quantitative estimate of drug-likeness (QED) is 0.640. The van der Waals surface area contributed by atoms with Crippen LogP contribution in [0.1, 0.15) is 5.56 Å². The third-order valence-corrected chi connectivity index (χ3v) is 1.64. The molecule has 3 nitrogen and oxygen atoms in total. The second-order valence-electron chi connectivity index (χ2n) is 2.51. The van der Waals surface area contributed by atoms with Crippen molar-refractivity contribution >= 4 is 14.0 Å². The van der Waals surface area contributed by atoms with Gasteiger partial charge in [-0.15, -0.1) is 0 Å². The number of carbonyl (C=O) groups is 1. The molecule has 0 unspecified atom stereocenters. The van der Waals surface area contributed by atoms with Crippen LogP contribution in [0.25, 0.3) is 0 Å². The van der Waals surface area contributed by atoms with Crippen LogP contribution in [0, 0.1) is 0 Å². The Labute approximate surface area is 78.1 Å². The Morgan fingerprint density at radius 3 is 2.46 bits per heavy atom. The van der Waals surface area contributed by atoms with Gasteiger partial charge in [0, 0.05) is 0 Å². The average Bonchev–Trinajstić information content (AvgIpc) is 2.19. The van der Waals surface area contributed by atoms with Crippen LogP contribution in [0.2, 0.25) is 0 Å². The molecular formula is C9H9BO3. The molecule has 0 aliphatic carbocycles. The Bertz CT molecular complexity index is 281. The van der Waals surface area contributed by atoms with Gasteiger partial charge in [0.25, 0.3) is 5.97 Å². The summed E-state index contributed by atoms with van der Waals surface area (Å²) in [5.74, 6) is 0.301. The van der Waals surface area contributed by atoms with Crippen LogP contribution in [0.3, 0.4) is 0 Å². The maximum Gasteiger partial charge on any atom is 0.378 e. The van der Waals surface area contributed by atoms with Gasteiger partial charge in [0.15, 0.2) is 0 Å². The van der Waals surface area contributed by atoms with Gasteiger partial charge in [-0.3, -0.25) is 4.79 Å². The normalized spacial score (nSPS) is 9.31. The van der Waals surface area contributed by atoms with E-state index in [0.29, 0.717) is 0 Å². The maximum atomic E-state index is 10.8. The van der Waals surface area contributed by atoms with Crippen molar-refractivity contribution in [1.29, 1.82) is 0 Å². The van der Waals surface area contributed by atoms with E-state index in [0.717, 1.165) is 11.3 Å². The Morgan fingerprint density at radius 2 is 2.00 bits per heavy atom. The minimum Gasteiger partial charge on any atom is -0.543 e. The van der Waals surface area contributed by atoms with Crippen LogP contribution in [0.4, 0.5) is 0 Å². The van der Waals surface area contributed by atoms with Gasteiger partial charge in [-0.2, -0.15) is 0 Å². The summed E-state index contributed by atoms with van der Waals surface area (Å²) in [6, 6.07) is 7.13. The Hall–Kier alpha value is -1.45. The molecule has 1 aromatic rings. The largest absolute Gasteiger partial charge is 0.543 e. The monoisotopic (exact) mass is 176 g/mol. The van der Waals surface area contributed by atoms with Crippen molar-refractivity contribution in [2.45, 2.75) is 6.42 Å². The summed E-state index contributed by atoms with van der Waals surface area (Å²) < 4.78 is 9.00. The van der Waals surface area contributed by atoms with Crippen molar-refractivity contribution in [3.05, 3.63) is 29.8 Å². The predicted molar refractivity (Wildman–Crippen MR) is 48.5 cm³/mol. The average molecular weight is 176 g/mol. The van der Waals surface area contributed by atoms with Crippen molar-refractivity contribution in [3.8, 4) is 5.75 Å². The molecule has 0 atom stereocenters. The summed E-state index contributed by atoms with van der Waals surface area (Å²) in [6.45, 7) is 0. The van der Waals surface area contributed by atoms with E-state index in [9.17, 15) is 4.79 Å². The van der Waals surface area contributed by atoms with Gasteiger partial charge >= 0.3 is 8.05 Å². The molecule has 4 heteroatoms. The smallest absolute Gasteiger partial charge is 0.378 e. The summed E-state index contributed by atoms with van der Waals surface area (Å²) in [7, 11) is 6.29. The lowest BCUT2D eigenvalue weighted by atomic mass is 10.1. The van der Waals surface area contributed by atoms with E-state index >= 15 is 0 Å². The zero-order valence-corrected chi connectivity index (χ0v) is 7.32. The molecule has 0 aliphatic heterocycles. The molecule has 0 aromatic heterocycles. The van der Waals surface area contributed by atoms with E-state index in [4.69, 9.17) is 12.8 Å². The van der Waals surface area contributed by atoms with Crippen LogP contribution >= 0.6 is 0 Å². The lowest BCUT2D eigenvalue weighted by molar-refractivity contribution is -0.133. The van der Waals surface area contributed by atoms with Gasteiger partial charge in [0.2, 0.25) is 0 Å². The summed E-state index contributed by atoms with van der Waals surface area (Å²) in [4.78, 5) is 10.8. The second kappa shape index (κ2) is 4.55. The number of rotatable bonds is 3. The van der Waals surface area contributed by atoms with Crippen LogP contribution in [0.15, 0.2) is 24.3 Å². The summed E-state index contributed by atoms with van der Waals surface area (Å²) in [5.41, 5.74) is 0.844. The van der Waals surface area contributed by atoms with Crippen LogP contribution < -0.4 is 4.74 Å². The fourth-order valence-corrected chi connectivity index (χ4v) is 0.952. The molecule has 0 bridgehead atoms. The molecule has 0 spiro atoms. The van der Waals surface area contributed by atoms with Crippen LogP contribution in [-0.4, -0.2) is 21.1 Å². The fourth-order valence-electron chi connectivity index (χ4n) is 0.952. The Morgan fingerprint density at radius 1 is 1.38 bits per heavy atom. The van der Waals surface area contributed by atoms with Crippen molar-refractivity contribution in [1.82, 2.24) is 0 Å². The van der Waals surface area contributed by atoms with Gasteiger partial charge in [0.05, 0.1) is 13.5 Å². The molecule has 0 fully saturated rings. The molecule has 0 N–H and O–H groups in total. The van der Waals surface area contributed by atoms with E-state index in [2.05, 4.69) is 4.65 Å². The highest BCUT2D eigenvalue weighted by Gasteiger charge is 2.01. The zero-order chi connectivity index (χ0) is 9.68. The van der Waals surface area contributed by atoms with Crippen LogP contribution in [0.5, 0.6) is 5.75 Å². The molecule has 0 saturated carbocycles. The van der Waals surface area contributed by atoms with Crippen molar-refractivity contribution in [3.63, 3.8) is 0 Å². The number of hydrogen-bond acceptors (Lipinski definition) is 3. The molecule has 1 aromatic carbocycles. The number of benzene rings is 1. The molecule has 0 saturated heterocycles. The maximum absolute atomic E-state index is 10.8. The topological polar surface area (TPSA) is 35.5 Å². The Balaban J connectivity index is 2.64. The first kappa shape index (κ1) is 9.64. The first-order valence-corrected chi connectivity index (χ1v) is 3.78. The third kappa shape index (κ3) is 2.82. The number of carbonyl (C=O) groups excluding carboxylic acids is 1. The second-order valence-corrected chi connectivity index (χ2v) is 2.51. The summed E-state index contributed by atoms with van der Waals surface area (Å²) in [6.07, 6.45) is 0.181. The van der Waals surface area contributed by atoms with Crippen LogP contribution in [-0.2, 0) is 15.9 Å². The fraction of sp³-hybridized carbons (Fsp3) is 0.222. The summed E-state index contributed by atoms with van der Waals surface area (Å²) in [5, 5.41) is 0. The SMILES string of the molecule is [B]OC(=O)Cc1ccc(OC)cc1. The molecule has 0 amide bonds. The third-order valence-electron chi connectivity index (χ3n) is 1.64. The van der Waals surface area contributed by atoms with E-state index in [1.54, 1.807) is 31.4 Å². The predicted octanol–water partition coefficient (Wildman–Crippen LogP) is 0.864. The van der Waals surface area contributed by atoms with Gasteiger partial charge in [-0.25, -0.2) is 0 Å². The van der Waals surface area contributed by atoms with E-state index in [1.807, 2.05) is 0 Å². The molecular weight excluding hydrogens is 167 g/mol. The van der Waals surface area contributed by atoms with Gasteiger partial charge < -0.3 is 9.39 Å². The minimum atomic E-state index is -0.454. The Kier molecular flexibility index (Phi) is 3.37. The van der Waals surface area contributed by atoms with E-state index < -0.39 is 5.97 Å². The minimum absolute atomic E-state index is 0.181. The summed E-state index contributed by atoms with van der Waals surface area (Å²) >= 11 is 0. The van der Waals surface area contributed by atoms with Crippen molar-refractivity contribution in [2.24, 2.45) is 0 Å².